The van der Waals surface area contributed by atoms with Gasteiger partial charge in [0.05, 0.1) is 22.9 Å². The highest BCUT2D eigenvalue weighted by molar-refractivity contribution is 7.13. The number of nitrogens with zero attached hydrogens (tertiary/aromatic N) is 3. The van der Waals surface area contributed by atoms with Gasteiger partial charge in [-0.05, 0) is 24.4 Å². The van der Waals surface area contributed by atoms with E-state index in [1.807, 2.05) is 17.5 Å². The fourth-order valence-corrected chi connectivity index (χ4v) is 2.41. The number of aliphatic hydroxyl groups is 1. The van der Waals surface area contributed by atoms with Crippen LogP contribution in [-0.4, -0.2) is 19.9 Å². The number of hydrogen-bond donors (Lipinski definition) is 1. The SMILES string of the molecule is CC(O)c1ccn(Cc2ncc(-c3cccs3)o2)n1. The Morgan fingerprint density at radius 2 is 2.37 bits per heavy atom. The van der Waals surface area contributed by atoms with Crippen LogP contribution in [0.4, 0.5) is 0 Å². The predicted molar refractivity (Wildman–Crippen MR) is 71.8 cm³/mol. The average Bonchev–Trinajstić information content (AvgIpc) is 3.09. The molecular weight excluding hydrogens is 262 g/mol. The van der Waals surface area contributed by atoms with E-state index in [1.165, 1.54) is 0 Å². The summed E-state index contributed by atoms with van der Waals surface area (Å²) >= 11 is 1.61. The first-order chi connectivity index (χ1) is 9.22. The summed E-state index contributed by atoms with van der Waals surface area (Å²) in [6.45, 7) is 2.14. The van der Waals surface area contributed by atoms with Crippen molar-refractivity contribution in [2.24, 2.45) is 0 Å². The van der Waals surface area contributed by atoms with Crippen molar-refractivity contribution in [3.8, 4) is 10.6 Å². The van der Waals surface area contributed by atoms with Gasteiger partial charge in [-0.25, -0.2) is 4.98 Å². The van der Waals surface area contributed by atoms with Gasteiger partial charge in [0.25, 0.3) is 0 Å². The first-order valence-electron chi connectivity index (χ1n) is 5.92. The van der Waals surface area contributed by atoms with Gasteiger partial charge in [-0.15, -0.1) is 11.3 Å². The van der Waals surface area contributed by atoms with Gasteiger partial charge in [0.15, 0.2) is 5.76 Å². The molecule has 0 bridgehead atoms. The Hall–Kier alpha value is -1.92. The molecule has 0 saturated heterocycles. The Kier molecular flexibility index (Phi) is 3.18. The van der Waals surface area contributed by atoms with E-state index in [2.05, 4.69) is 10.1 Å². The number of aliphatic hydroxyl groups excluding tert-OH is 1. The maximum atomic E-state index is 9.42. The van der Waals surface area contributed by atoms with Crippen LogP contribution in [0.3, 0.4) is 0 Å². The van der Waals surface area contributed by atoms with Crippen molar-refractivity contribution in [2.45, 2.75) is 19.6 Å². The number of aromatic nitrogens is 3. The molecule has 0 aliphatic carbocycles. The van der Waals surface area contributed by atoms with E-state index < -0.39 is 6.10 Å². The third kappa shape index (κ3) is 2.59. The van der Waals surface area contributed by atoms with Gasteiger partial charge >= 0.3 is 0 Å². The molecule has 3 heterocycles. The minimum atomic E-state index is -0.563. The molecule has 0 amide bonds. The number of rotatable bonds is 4. The van der Waals surface area contributed by atoms with Gasteiger partial charge in [-0.1, -0.05) is 6.07 Å². The second-order valence-electron chi connectivity index (χ2n) is 4.21. The number of hydrogen-bond acceptors (Lipinski definition) is 5. The summed E-state index contributed by atoms with van der Waals surface area (Å²) in [6, 6.07) is 5.76. The second kappa shape index (κ2) is 4.99. The van der Waals surface area contributed by atoms with Gasteiger partial charge < -0.3 is 9.52 Å². The van der Waals surface area contributed by atoms with Gasteiger partial charge in [-0.3, -0.25) is 4.68 Å². The lowest BCUT2D eigenvalue weighted by Gasteiger charge is -1.99. The Bertz CT molecular complexity index is 655. The zero-order valence-electron chi connectivity index (χ0n) is 10.4. The van der Waals surface area contributed by atoms with Crippen molar-refractivity contribution in [1.29, 1.82) is 0 Å². The highest BCUT2D eigenvalue weighted by atomic mass is 32.1. The molecular formula is C13H13N3O2S. The fourth-order valence-electron chi connectivity index (χ4n) is 1.74. The van der Waals surface area contributed by atoms with E-state index in [9.17, 15) is 5.11 Å². The Morgan fingerprint density at radius 1 is 1.47 bits per heavy atom. The van der Waals surface area contributed by atoms with Crippen LogP contribution < -0.4 is 0 Å². The van der Waals surface area contributed by atoms with Crippen molar-refractivity contribution in [3.05, 3.63) is 47.6 Å². The third-order valence-electron chi connectivity index (χ3n) is 2.70. The van der Waals surface area contributed by atoms with Crippen LogP contribution in [0.1, 0.15) is 24.6 Å². The van der Waals surface area contributed by atoms with Crippen molar-refractivity contribution < 1.29 is 9.52 Å². The van der Waals surface area contributed by atoms with E-state index in [1.54, 1.807) is 41.4 Å². The smallest absolute Gasteiger partial charge is 0.216 e. The highest BCUT2D eigenvalue weighted by Crippen LogP contribution is 2.25. The molecule has 6 heteroatoms. The lowest BCUT2D eigenvalue weighted by atomic mass is 10.3. The normalized spacial score (nSPS) is 12.7. The molecule has 1 N–H and O–H groups in total. The van der Waals surface area contributed by atoms with Crippen LogP contribution in [-0.2, 0) is 6.54 Å². The van der Waals surface area contributed by atoms with Crippen LogP contribution >= 0.6 is 11.3 Å². The van der Waals surface area contributed by atoms with Crippen molar-refractivity contribution in [3.63, 3.8) is 0 Å². The molecule has 0 aliphatic rings. The number of thiophene rings is 1. The third-order valence-corrected chi connectivity index (χ3v) is 3.59. The molecule has 0 radical (unpaired) electrons. The van der Waals surface area contributed by atoms with Crippen molar-refractivity contribution in [1.82, 2.24) is 14.8 Å². The second-order valence-corrected chi connectivity index (χ2v) is 5.16. The molecule has 3 aromatic heterocycles. The number of oxazole rings is 1. The minimum absolute atomic E-state index is 0.456. The summed E-state index contributed by atoms with van der Waals surface area (Å²) in [5.41, 5.74) is 0.644. The zero-order chi connectivity index (χ0) is 13.2. The largest absolute Gasteiger partial charge is 0.438 e. The summed E-state index contributed by atoms with van der Waals surface area (Å²) in [4.78, 5) is 5.30. The molecule has 19 heavy (non-hydrogen) atoms. The molecule has 0 fully saturated rings. The maximum Gasteiger partial charge on any atom is 0.216 e. The summed E-state index contributed by atoms with van der Waals surface area (Å²) in [5.74, 6) is 1.37. The summed E-state index contributed by atoms with van der Waals surface area (Å²) in [5, 5.41) is 15.7. The maximum absolute atomic E-state index is 9.42. The van der Waals surface area contributed by atoms with Crippen LogP contribution in [0.15, 0.2) is 40.4 Å². The molecule has 0 spiro atoms. The highest BCUT2D eigenvalue weighted by Gasteiger charge is 2.09. The van der Waals surface area contributed by atoms with E-state index in [0.29, 0.717) is 18.1 Å². The van der Waals surface area contributed by atoms with Crippen molar-refractivity contribution >= 4 is 11.3 Å². The molecule has 0 saturated carbocycles. The summed E-state index contributed by atoms with van der Waals surface area (Å²) in [7, 11) is 0. The quantitative estimate of drug-likeness (QED) is 0.795. The lowest BCUT2D eigenvalue weighted by Crippen LogP contribution is -2.02. The van der Waals surface area contributed by atoms with Crippen LogP contribution in [0.2, 0.25) is 0 Å². The van der Waals surface area contributed by atoms with E-state index in [-0.39, 0.29) is 0 Å². The Balaban J connectivity index is 1.76. The van der Waals surface area contributed by atoms with Gasteiger partial charge in [0, 0.05) is 6.20 Å². The summed E-state index contributed by atoms with van der Waals surface area (Å²) < 4.78 is 7.38. The van der Waals surface area contributed by atoms with Gasteiger partial charge in [-0.2, -0.15) is 5.10 Å². The predicted octanol–water partition coefficient (Wildman–Crippen LogP) is 2.70. The zero-order valence-corrected chi connectivity index (χ0v) is 11.2. The van der Waals surface area contributed by atoms with E-state index in [0.717, 1.165) is 10.6 Å². The fraction of sp³-hybridized carbons (Fsp3) is 0.231. The molecule has 1 atom stereocenters. The average molecular weight is 275 g/mol. The van der Waals surface area contributed by atoms with E-state index in [4.69, 9.17) is 4.42 Å². The molecule has 0 aliphatic heterocycles. The molecule has 3 aromatic rings. The van der Waals surface area contributed by atoms with Crippen LogP contribution in [0.5, 0.6) is 0 Å². The van der Waals surface area contributed by atoms with E-state index >= 15 is 0 Å². The van der Waals surface area contributed by atoms with Crippen LogP contribution in [0.25, 0.3) is 10.6 Å². The lowest BCUT2D eigenvalue weighted by molar-refractivity contribution is 0.193. The molecule has 1 unspecified atom stereocenters. The standard InChI is InChI=1S/C13H13N3O2S/c1-9(17)10-4-5-16(15-10)8-13-14-7-11(18-13)12-3-2-6-19-12/h2-7,9,17H,8H2,1H3. The molecule has 0 aromatic carbocycles. The topological polar surface area (TPSA) is 64.1 Å². The van der Waals surface area contributed by atoms with Gasteiger partial charge in [0.1, 0.15) is 6.54 Å². The van der Waals surface area contributed by atoms with Gasteiger partial charge in [0.2, 0.25) is 5.89 Å². The molecule has 98 valence electrons. The first-order valence-corrected chi connectivity index (χ1v) is 6.80. The molecule has 5 nitrogen and oxygen atoms in total. The Morgan fingerprint density at radius 3 is 3.05 bits per heavy atom. The Labute approximate surface area is 114 Å². The summed E-state index contributed by atoms with van der Waals surface area (Å²) in [6.07, 6.45) is 2.96. The molecule has 3 rings (SSSR count). The van der Waals surface area contributed by atoms with Crippen molar-refractivity contribution in [2.75, 3.05) is 0 Å². The minimum Gasteiger partial charge on any atom is -0.438 e. The van der Waals surface area contributed by atoms with Crippen LogP contribution in [0, 0.1) is 0 Å². The first kappa shape index (κ1) is 12.1. The monoisotopic (exact) mass is 275 g/mol.